The molecule has 0 atom stereocenters. The number of aromatic nitrogens is 3. The molecule has 0 saturated carbocycles. The normalized spacial score (nSPS) is 12.3. The van der Waals surface area contributed by atoms with E-state index in [1.807, 2.05) is 0 Å². The number of hydrogen-bond acceptors (Lipinski definition) is 0. The molecule has 13 rings (SSSR count). The molecule has 3 nitrogen and oxygen atoms in total. The highest BCUT2D eigenvalue weighted by Gasteiger charge is 2.34. The van der Waals surface area contributed by atoms with Crippen LogP contribution in [-0.2, 0) is 0 Å². The van der Waals surface area contributed by atoms with Crippen LogP contribution in [0, 0.1) is 0 Å². The molecule has 3 heterocycles. The smallest absolute Gasteiger partial charge is 0.0782 e. The van der Waals surface area contributed by atoms with Crippen LogP contribution in [0.4, 0.5) is 0 Å². The molecule has 0 fully saturated rings. The van der Waals surface area contributed by atoms with E-state index >= 15 is 0 Å². The third kappa shape index (κ3) is 5.24. The van der Waals surface area contributed by atoms with E-state index in [9.17, 15) is 0 Å². The van der Waals surface area contributed by atoms with Gasteiger partial charge in [0.05, 0.1) is 44.5 Å². The van der Waals surface area contributed by atoms with Crippen LogP contribution in [0.2, 0.25) is 0 Å². The number of benzene rings is 10. The second kappa shape index (κ2) is 14.5. The number of fused-ring (bicyclic) bond motifs is 9. The molecule has 10 aromatic carbocycles. The topological polar surface area (TPSA) is 14.8 Å². The Bertz CT molecular complexity index is 3750. The Hall–Kier alpha value is -8.05. The lowest BCUT2D eigenvalue weighted by atomic mass is 10.1. The van der Waals surface area contributed by atoms with E-state index in [4.69, 9.17) is 0 Å². The molecule has 0 unspecified atom stereocenters. The molecule has 0 aliphatic carbocycles. The molecule has 64 heavy (non-hydrogen) atoms. The molecule has 13 aromatic rings. The lowest BCUT2D eigenvalue weighted by Crippen LogP contribution is -2.06. The van der Waals surface area contributed by atoms with Gasteiger partial charge in [0.1, 0.15) is 0 Å². The van der Waals surface area contributed by atoms with Gasteiger partial charge in [-0.1, -0.05) is 152 Å². The standard InChI is InChI=1S/C60H41N3S/c1-4-22-43(23-5-1)64(44-24-6-2-7-25-44,45-26-8-3-9-27-45)46-28-18-21-42(41-46)61-55-37-17-13-32-51(55)59-56(61)38-20-39-57(59)63-54-36-16-12-31-49(54)50-33-19-40-58(60(50)63)62-52-34-14-10-29-47(52)48-30-11-15-35-53(48)62/h1-41H. The predicted molar refractivity (Wildman–Crippen MR) is 269 cm³/mol. The van der Waals surface area contributed by atoms with Crippen LogP contribution in [0.3, 0.4) is 0 Å². The van der Waals surface area contributed by atoms with Gasteiger partial charge in [0, 0.05) is 57.6 Å². The predicted octanol–water partition coefficient (Wildman–Crippen LogP) is 16.3. The lowest BCUT2D eigenvalue weighted by molar-refractivity contribution is 1.13. The number of nitrogens with zero attached hydrogens (tertiary/aromatic N) is 3. The Morgan fingerprint density at radius 2 is 0.641 bits per heavy atom. The zero-order chi connectivity index (χ0) is 42.2. The monoisotopic (exact) mass is 835 g/mol. The molecule has 0 radical (unpaired) electrons. The average Bonchev–Trinajstić information content (AvgIpc) is 4.02. The summed E-state index contributed by atoms with van der Waals surface area (Å²) in [5.74, 6) is 0. The first-order valence-electron chi connectivity index (χ1n) is 21.9. The van der Waals surface area contributed by atoms with E-state index in [2.05, 4.69) is 262 Å². The van der Waals surface area contributed by atoms with Gasteiger partial charge in [0.2, 0.25) is 0 Å². The Morgan fingerprint density at radius 3 is 1.22 bits per heavy atom. The summed E-state index contributed by atoms with van der Waals surface area (Å²) >= 11 is 0. The van der Waals surface area contributed by atoms with Crippen molar-refractivity contribution in [3.63, 3.8) is 0 Å². The first-order valence-corrected chi connectivity index (χ1v) is 23.6. The fourth-order valence-electron chi connectivity index (χ4n) is 10.6. The van der Waals surface area contributed by atoms with Crippen molar-refractivity contribution in [1.29, 1.82) is 0 Å². The molecule has 0 bridgehead atoms. The molecular formula is C60H41N3S. The molecule has 302 valence electrons. The molecule has 0 aliphatic heterocycles. The molecule has 0 amide bonds. The van der Waals surface area contributed by atoms with Gasteiger partial charge in [0.15, 0.2) is 0 Å². The van der Waals surface area contributed by atoms with E-state index in [1.54, 1.807) is 0 Å². The van der Waals surface area contributed by atoms with Gasteiger partial charge in [-0.25, -0.2) is 0 Å². The maximum Gasteiger partial charge on any atom is 0.0782 e. The van der Waals surface area contributed by atoms with E-state index in [0.29, 0.717) is 0 Å². The Kier molecular flexibility index (Phi) is 8.30. The minimum Gasteiger partial charge on any atom is -0.309 e. The van der Waals surface area contributed by atoms with Crippen molar-refractivity contribution in [3.8, 4) is 17.1 Å². The Morgan fingerprint density at radius 1 is 0.250 bits per heavy atom. The highest BCUT2D eigenvalue weighted by molar-refractivity contribution is 8.34. The van der Waals surface area contributed by atoms with Gasteiger partial charge in [-0.3, -0.25) is 0 Å². The van der Waals surface area contributed by atoms with Gasteiger partial charge >= 0.3 is 0 Å². The van der Waals surface area contributed by atoms with E-state index < -0.39 is 10.0 Å². The van der Waals surface area contributed by atoms with Crippen LogP contribution in [0.25, 0.3) is 82.5 Å². The molecule has 0 aliphatic rings. The molecule has 4 heteroatoms. The Balaban J connectivity index is 1.11. The van der Waals surface area contributed by atoms with Gasteiger partial charge in [-0.2, -0.15) is 0 Å². The summed E-state index contributed by atoms with van der Waals surface area (Å²) in [6, 6.07) is 91.9. The zero-order valence-corrected chi connectivity index (χ0v) is 35.7. The Labute approximate surface area is 372 Å². The van der Waals surface area contributed by atoms with Gasteiger partial charge in [-0.15, -0.1) is 10.0 Å². The van der Waals surface area contributed by atoms with E-state index in [1.165, 1.54) is 79.5 Å². The van der Waals surface area contributed by atoms with Crippen LogP contribution in [0.5, 0.6) is 0 Å². The van der Waals surface area contributed by atoms with Crippen molar-refractivity contribution in [2.45, 2.75) is 19.6 Å². The van der Waals surface area contributed by atoms with Crippen LogP contribution in [0.1, 0.15) is 0 Å². The molecule has 0 saturated heterocycles. The second-order valence-corrected chi connectivity index (χ2v) is 19.6. The van der Waals surface area contributed by atoms with Crippen LogP contribution < -0.4 is 0 Å². The summed E-state index contributed by atoms with van der Waals surface area (Å²) in [5, 5.41) is 7.40. The largest absolute Gasteiger partial charge is 0.309 e. The minimum absolute atomic E-state index is 1.13. The number of hydrogen-bond donors (Lipinski definition) is 0. The van der Waals surface area contributed by atoms with Gasteiger partial charge in [0.25, 0.3) is 0 Å². The highest BCUT2D eigenvalue weighted by Crippen LogP contribution is 2.73. The maximum absolute atomic E-state index is 2.54. The van der Waals surface area contributed by atoms with Crippen molar-refractivity contribution in [2.75, 3.05) is 0 Å². The number of rotatable bonds is 7. The van der Waals surface area contributed by atoms with Crippen LogP contribution in [-0.4, -0.2) is 13.7 Å². The lowest BCUT2D eigenvalue weighted by Gasteiger charge is -2.42. The minimum atomic E-state index is -1.90. The van der Waals surface area contributed by atoms with Crippen LogP contribution >= 0.6 is 10.0 Å². The summed E-state index contributed by atoms with van der Waals surface area (Å²) in [6.07, 6.45) is 0. The van der Waals surface area contributed by atoms with Gasteiger partial charge in [-0.05, 0) is 97.1 Å². The van der Waals surface area contributed by atoms with E-state index in [0.717, 1.165) is 22.6 Å². The highest BCUT2D eigenvalue weighted by atomic mass is 32.3. The second-order valence-electron chi connectivity index (χ2n) is 16.5. The zero-order valence-electron chi connectivity index (χ0n) is 34.9. The maximum atomic E-state index is 2.54. The van der Waals surface area contributed by atoms with Crippen molar-refractivity contribution < 1.29 is 0 Å². The van der Waals surface area contributed by atoms with Crippen LogP contribution in [0.15, 0.2) is 268 Å². The fourth-order valence-corrected chi connectivity index (χ4v) is 14.5. The van der Waals surface area contributed by atoms with E-state index in [-0.39, 0.29) is 0 Å². The summed E-state index contributed by atoms with van der Waals surface area (Å²) in [5.41, 5.74) is 10.5. The molecule has 3 aromatic heterocycles. The number of para-hydroxylation sites is 5. The SMILES string of the molecule is c1ccc(S(c2ccccc2)(c2ccccc2)c2cccc(-n3c4ccccc4c4c(-n5c6ccccc6c6cccc(-n7c8ccccc8c8ccccc87)c65)cccc43)c2)cc1. The fraction of sp³-hybridized carbons (Fsp3) is 0. The third-order valence-electron chi connectivity index (χ3n) is 13.1. The summed E-state index contributed by atoms with van der Waals surface area (Å²) in [4.78, 5) is 5.20. The molecular weight excluding hydrogens is 795 g/mol. The van der Waals surface area contributed by atoms with Gasteiger partial charge < -0.3 is 13.7 Å². The first kappa shape index (κ1) is 36.6. The van der Waals surface area contributed by atoms with Crippen molar-refractivity contribution >= 4 is 75.4 Å². The summed E-state index contributed by atoms with van der Waals surface area (Å²) in [6.45, 7) is 0. The summed E-state index contributed by atoms with van der Waals surface area (Å²) in [7, 11) is -1.90. The van der Waals surface area contributed by atoms with Crippen molar-refractivity contribution in [3.05, 3.63) is 249 Å². The molecule has 0 spiro atoms. The quantitative estimate of drug-likeness (QED) is 0.152. The first-order chi connectivity index (χ1) is 31.8. The summed E-state index contributed by atoms with van der Waals surface area (Å²) < 4.78 is 7.50. The average molecular weight is 836 g/mol. The molecule has 0 N–H and O–H groups in total. The third-order valence-corrected chi connectivity index (χ3v) is 17.0. The van der Waals surface area contributed by atoms with Crippen molar-refractivity contribution in [1.82, 2.24) is 13.7 Å². The van der Waals surface area contributed by atoms with Crippen molar-refractivity contribution in [2.24, 2.45) is 0 Å².